The van der Waals surface area contributed by atoms with Crippen LogP contribution < -0.4 is 5.32 Å². The van der Waals surface area contributed by atoms with Gasteiger partial charge in [-0.3, -0.25) is 4.79 Å². The van der Waals surface area contributed by atoms with Gasteiger partial charge in [0.25, 0.3) is 0 Å². The molecule has 1 amide bonds. The number of amides is 1. The lowest BCUT2D eigenvalue weighted by atomic mass is 10.1. The molecule has 0 heterocycles. The Balaban J connectivity index is 2.25. The molecule has 3 heteroatoms. The Morgan fingerprint density at radius 2 is 2.06 bits per heavy atom. The smallest absolute Gasteiger partial charge is 0.220 e. The number of nitrogens with one attached hydrogen (secondary N) is 1. The van der Waals surface area contributed by atoms with Crippen molar-refractivity contribution in [1.29, 1.82) is 0 Å². The van der Waals surface area contributed by atoms with E-state index in [-0.39, 0.29) is 11.9 Å². The Bertz CT molecular complexity index is 313. The van der Waals surface area contributed by atoms with Gasteiger partial charge in [0, 0.05) is 18.3 Å². The van der Waals surface area contributed by atoms with Gasteiger partial charge >= 0.3 is 0 Å². The largest absolute Gasteiger partial charge is 0.354 e. The minimum absolute atomic E-state index is 0.0986. The molecule has 0 radical (unpaired) electrons. The first kappa shape index (κ1) is 13.0. The molecule has 16 heavy (non-hydrogen) atoms. The number of rotatable bonds is 6. The van der Waals surface area contributed by atoms with Crippen molar-refractivity contribution in [3.63, 3.8) is 0 Å². The van der Waals surface area contributed by atoms with Crippen LogP contribution in [0.1, 0.15) is 25.3 Å². The van der Waals surface area contributed by atoms with Crippen molar-refractivity contribution in [2.45, 2.75) is 32.2 Å². The van der Waals surface area contributed by atoms with Crippen LogP contribution in [0.3, 0.4) is 0 Å². The molecule has 0 aliphatic heterocycles. The predicted molar refractivity (Wildman–Crippen MR) is 67.7 cm³/mol. The monoisotopic (exact) mass is 239 g/mol. The van der Waals surface area contributed by atoms with Gasteiger partial charge in [0.1, 0.15) is 0 Å². The standard InChI is InChI=1S/C13H18ClNO/c1-11(9-10-14)15-13(16)8-7-12-5-3-2-4-6-12/h2-6,11H,7-10H2,1H3,(H,15,16). The summed E-state index contributed by atoms with van der Waals surface area (Å²) < 4.78 is 0. The number of carbonyl (C=O) groups is 1. The molecule has 1 N–H and O–H groups in total. The molecule has 1 atom stereocenters. The molecule has 0 aliphatic rings. The quantitative estimate of drug-likeness (QED) is 0.760. The lowest BCUT2D eigenvalue weighted by molar-refractivity contribution is -0.121. The van der Waals surface area contributed by atoms with E-state index in [1.54, 1.807) is 0 Å². The summed E-state index contributed by atoms with van der Waals surface area (Å²) in [7, 11) is 0. The molecular weight excluding hydrogens is 222 g/mol. The third kappa shape index (κ3) is 5.17. The summed E-state index contributed by atoms with van der Waals surface area (Å²) in [6, 6.07) is 10.2. The summed E-state index contributed by atoms with van der Waals surface area (Å²) in [6.45, 7) is 1.97. The summed E-state index contributed by atoms with van der Waals surface area (Å²) >= 11 is 5.60. The predicted octanol–water partition coefficient (Wildman–Crippen LogP) is 2.75. The number of aryl methyl sites for hydroxylation is 1. The second kappa shape index (κ2) is 7.29. The van der Waals surface area contributed by atoms with Gasteiger partial charge in [0.2, 0.25) is 5.91 Å². The van der Waals surface area contributed by atoms with E-state index in [0.29, 0.717) is 12.3 Å². The van der Waals surface area contributed by atoms with Gasteiger partial charge in [-0.2, -0.15) is 0 Å². The first-order chi connectivity index (χ1) is 7.72. The molecule has 0 bridgehead atoms. The zero-order chi connectivity index (χ0) is 11.8. The van der Waals surface area contributed by atoms with Crippen LogP contribution in [0.5, 0.6) is 0 Å². The molecular formula is C13H18ClNO. The van der Waals surface area contributed by atoms with Crippen LogP contribution in [0.2, 0.25) is 0 Å². The van der Waals surface area contributed by atoms with Crippen LogP contribution in [0.4, 0.5) is 0 Å². The number of halogens is 1. The summed E-state index contributed by atoms with van der Waals surface area (Å²) in [5.41, 5.74) is 1.20. The maximum Gasteiger partial charge on any atom is 0.220 e. The Kier molecular flexibility index (Phi) is 5.94. The van der Waals surface area contributed by atoms with E-state index in [2.05, 4.69) is 5.32 Å². The third-order valence-corrected chi connectivity index (χ3v) is 2.65. The van der Waals surface area contributed by atoms with E-state index in [0.717, 1.165) is 12.8 Å². The first-order valence-electron chi connectivity index (χ1n) is 5.61. The van der Waals surface area contributed by atoms with Gasteiger partial charge in [-0.1, -0.05) is 30.3 Å². The van der Waals surface area contributed by atoms with E-state index >= 15 is 0 Å². The lowest BCUT2D eigenvalue weighted by Crippen LogP contribution is -2.32. The zero-order valence-electron chi connectivity index (χ0n) is 9.58. The fourth-order valence-electron chi connectivity index (χ4n) is 1.49. The average Bonchev–Trinajstić information content (AvgIpc) is 2.28. The van der Waals surface area contributed by atoms with Crippen molar-refractivity contribution in [3.8, 4) is 0 Å². The minimum atomic E-state index is 0.0986. The molecule has 0 aliphatic carbocycles. The number of hydrogen-bond donors (Lipinski definition) is 1. The molecule has 1 rings (SSSR count). The van der Waals surface area contributed by atoms with Gasteiger partial charge < -0.3 is 5.32 Å². The number of benzene rings is 1. The topological polar surface area (TPSA) is 29.1 Å². The molecule has 0 saturated heterocycles. The van der Waals surface area contributed by atoms with Crippen molar-refractivity contribution in [1.82, 2.24) is 5.32 Å². The van der Waals surface area contributed by atoms with E-state index in [1.807, 2.05) is 37.3 Å². The molecule has 2 nitrogen and oxygen atoms in total. The molecule has 1 aromatic rings. The van der Waals surface area contributed by atoms with Crippen LogP contribution in [0.25, 0.3) is 0 Å². The molecule has 0 spiro atoms. The third-order valence-electron chi connectivity index (χ3n) is 2.43. The van der Waals surface area contributed by atoms with E-state index < -0.39 is 0 Å². The van der Waals surface area contributed by atoms with E-state index in [1.165, 1.54) is 5.56 Å². The zero-order valence-corrected chi connectivity index (χ0v) is 10.3. The van der Waals surface area contributed by atoms with Crippen molar-refractivity contribution in [2.75, 3.05) is 5.88 Å². The highest BCUT2D eigenvalue weighted by Gasteiger charge is 2.06. The highest BCUT2D eigenvalue weighted by atomic mass is 35.5. The van der Waals surface area contributed by atoms with E-state index in [9.17, 15) is 4.79 Å². The number of alkyl halides is 1. The van der Waals surface area contributed by atoms with Crippen LogP contribution >= 0.6 is 11.6 Å². The van der Waals surface area contributed by atoms with Gasteiger partial charge in [-0.25, -0.2) is 0 Å². The maximum atomic E-state index is 11.5. The lowest BCUT2D eigenvalue weighted by Gasteiger charge is -2.12. The second-order valence-electron chi connectivity index (χ2n) is 3.93. The van der Waals surface area contributed by atoms with Crippen LogP contribution in [-0.4, -0.2) is 17.8 Å². The van der Waals surface area contributed by atoms with Gasteiger partial charge in [-0.05, 0) is 25.3 Å². The van der Waals surface area contributed by atoms with Crippen molar-refractivity contribution in [2.24, 2.45) is 0 Å². The summed E-state index contributed by atoms with van der Waals surface area (Å²) in [4.78, 5) is 11.5. The molecule has 0 fully saturated rings. The first-order valence-corrected chi connectivity index (χ1v) is 6.15. The molecule has 88 valence electrons. The number of hydrogen-bond acceptors (Lipinski definition) is 1. The normalized spacial score (nSPS) is 12.1. The van der Waals surface area contributed by atoms with E-state index in [4.69, 9.17) is 11.6 Å². The number of carbonyl (C=O) groups excluding carboxylic acids is 1. The van der Waals surface area contributed by atoms with Gasteiger partial charge in [0.05, 0.1) is 0 Å². The fraction of sp³-hybridized carbons (Fsp3) is 0.462. The summed E-state index contributed by atoms with van der Waals surface area (Å²) in [5.74, 6) is 0.682. The SMILES string of the molecule is CC(CCCl)NC(=O)CCc1ccccc1. The van der Waals surface area contributed by atoms with Gasteiger partial charge in [0.15, 0.2) is 0 Å². The molecule has 1 aromatic carbocycles. The Hall–Kier alpha value is -1.02. The summed E-state index contributed by atoms with van der Waals surface area (Å²) in [5, 5.41) is 2.93. The Morgan fingerprint density at radius 3 is 2.69 bits per heavy atom. The maximum absolute atomic E-state index is 11.5. The van der Waals surface area contributed by atoms with Crippen LogP contribution in [0.15, 0.2) is 30.3 Å². The highest BCUT2D eigenvalue weighted by molar-refractivity contribution is 6.17. The second-order valence-corrected chi connectivity index (χ2v) is 4.31. The Morgan fingerprint density at radius 1 is 1.38 bits per heavy atom. The minimum Gasteiger partial charge on any atom is -0.354 e. The van der Waals surface area contributed by atoms with Crippen molar-refractivity contribution >= 4 is 17.5 Å². The Labute approximate surface area is 102 Å². The average molecular weight is 240 g/mol. The highest BCUT2D eigenvalue weighted by Crippen LogP contribution is 2.02. The van der Waals surface area contributed by atoms with Crippen LogP contribution in [0, 0.1) is 0 Å². The fourth-order valence-corrected chi connectivity index (χ4v) is 1.81. The van der Waals surface area contributed by atoms with Gasteiger partial charge in [-0.15, -0.1) is 11.6 Å². The van der Waals surface area contributed by atoms with Crippen LogP contribution in [-0.2, 0) is 11.2 Å². The molecule has 0 aromatic heterocycles. The molecule has 0 saturated carbocycles. The summed E-state index contributed by atoms with van der Waals surface area (Å²) in [6.07, 6.45) is 2.15. The van der Waals surface area contributed by atoms with Crippen molar-refractivity contribution in [3.05, 3.63) is 35.9 Å². The molecule has 1 unspecified atom stereocenters. The van der Waals surface area contributed by atoms with Crippen molar-refractivity contribution < 1.29 is 4.79 Å².